The largest absolute Gasteiger partial charge is 0.362 e. The number of hydrogen-bond acceptors (Lipinski definition) is 2. The van der Waals surface area contributed by atoms with Crippen LogP contribution < -0.4 is 10.6 Å². The van der Waals surface area contributed by atoms with E-state index in [1.807, 2.05) is 12.1 Å². The molecule has 18 heavy (non-hydrogen) atoms. The number of hydrogen-bond donors (Lipinski definition) is 2. The molecule has 0 saturated carbocycles. The van der Waals surface area contributed by atoms with Crippen LogP contribution in [-0.4, -0.2) is 16.6 Å². The minimum atomic E-state index is 0.678. The van der Waals surface area contributed by atoms with Gasteiger partial charge in [0, 0.05) is 24.6 Å². The van der Waals surface area contributed by atoms with Crippen molar-refractivity contribution in [1.82, 2.24) is 10.3 Å². The minimum absolute atomic E-state index is 0.678. The van der Waals surface area contributed by atoms with Crippen LogP contribution >= 0.6 is 12.2 Å². The molecule has 2 rings (SSSR count). The molecule has 0 spiro atoms. The van der Waals surface area contributed by atoms with Gasteiger partial charge in [0.25, 0.3) is 0 Å². The molecule has 0 amide bonds. The van der Waals surface area contributed by atoms with Gasteiger partial charge in [0.15, 0.2) is 5.11 Å². The Hall–Kier alpha value is -1.42. The Morgan fingerprint density at radius 2 is 2.11 bits per heavy atom. The zero-order chi connectivity index (χ0) is 12.6. The van der Waals surface area contributed by atoms with Crippen LogP contribution in [0.1, 0.15) is 32.1 Å². The first-order valence-electron chi connectivity index (χ1n) is 6.47. The molecule has 0 atom stereocenters. The Bertz CT molecular complexity index is 414. The van der Waals surface area contributed by atoms with E-state index in [0.29, 0.717) is 5.11 Å². The molecule has 1 aromatic heterocycles. The number of thiocarbonyl (C=S) groups is 1. The summed E-state index contributed by atoms with van der Waals surface area (Å²) >= 11 is 5.24. The van der Waals surface area contributed by atoms with E-state index in [4.69, 9.17) is 12.2 Å². The maximum atomic E-state index is 5.24. The van der Waals surface area contributed by atoms with Gasteiger partial charge in [-0.3, -0.25) is 4.98 Å². The van der Waals surface area contributed by atoms with E-state index in [-0.39, 0.29) is 0 Å². The van der Waals surface area contributed by atoms with Gasteiger partial charge in [-0.05, 0) is 56.5 Å². The Labute approximate surface area is 114 Å². The molecule has 1 heterocycles. The monoisotopic (exact) mass is 261 g/mol. The highest BCUT2D eigenvalue weighted by Crippen LogP contribution is 2.19. The van der Waals surface area contributed by atoms with Crippen LogP contribution in [0.15, 0.2) is 36.2 Å². The van der Waals surface area contributed by atoms with Crippen molar-refractivity contribution in [2.45, 2.75) is 32.1 Å². The lowest BCUT2D eigenvalue weighted by atomic mass is 9.97. The summed E-state index contributed by atoms with van der Waals surface area (Å²) in [4.78, 5) is 3.96. The van der Waals surface area contributed by atoms with Gasteiger partial charge in [-0.2, -0.15) is 0 Å². The first kappa shape index (κ1) is 13.0. The van der Waals surface area contributed by atoms with E-state index in [0.717, 1.165) is 18.7 Å². The highest BCUT2D eigenvalue weighted by Gasteiger charge is 2.03. The maximum Gasteiger partial charge on any atom is 0.170 e. The summed E-state index contributed by atoms with van der Waals surface area (Å²) in [5.41, 5.74) is 2.54. The van der Waals surface area contributed by atoms with Crippen molar-refractivity contribution in [3.05, 3.63) is 36.2 Å². The van der Waals surface area contributed by atoms with E-state index in [1.165, 1.54) is 25.7 Å². The second kappa shape index (κ2) is 7.11. The fraction of sp³-hybridized carbons (Fsp3) is 0.429. The fourth-order valence-electron chi connectivity index (χ4n) is 2.08. The molecule has 0 unspecified atom stereocenters. The molecule has 1 aromatic rings. The van der Waals surface area contributed by atoms with E-state index < -0.39 is 0 Å². The Morgan fingerprint density at radius 3 is 2.83 bits per heavy atom. The van der Waals surface area contributed by atoms with Crippen molar-refractivity contribution in [2.75, 3.05) is 11.9 Å². The number of nitrogens with zero attached hydrogens (tertiary/aromatic N) is 1. The number of allylic oxidation sites excluding steroid dienone is 1. The average Bonchev–Trinajstić information content (AvgIpc) is 2.41. The van der Waals surface area contributed by atoms with Crippen LogP contribution in [-0.2, 0) is 0 Å². The van der Waals surface area contributed by atoms with E-state index in [2.05, 4.69) is 21.7 Å². The molecule has 96 valence electrons. The summed E-state index contributed by atoms with van der Waals surface area (Å²) in [6, 6.07) is 3.80. The van der Waals surface area contributed by atoms with Crippen LogP contribution in [0.4, 0.5) is 5.69 Å². The zero-order valence-electron chi connectivity index (χ0n) is 10.5. The second-order valence-corrected chi connectivity index (χ2v) is 4.88. The minimum Gasteiger partial charge on any atom is -0.362 e. The summed E-state index contributed by atoms with van der Waals surface area (Å²) in [7, 11) is 0. The van der Waals surface area contributed by atoms with Crippen LogP contribution in [0.5, 0.6) is 0 Å². The smallest absolute Gasteiger partial charge is 0.170 e. The number of rotatable bonds is 4. The first-order valence-corrected chi connectivity index (χ1v) is 6.88. The van der Waals surface area contributed by atoms with Crippen LogP contribution in [0, 0.1) is 0 Å². The van der Waals surface area contributed by atoms with Crippen molar-refractivity contribution in [3.8, 4) is 0 Å². The molecule has 1 aliphatic rings. The molecule has 0 saturated heterocycles. The van der Waals surface area contributed by atoms with E-state index in [1.54, 1.807) is 18.0 Å². The highest BCUT2D eigenvalue weighted by atomic mass is 32.1. The fourth-order valence-corrected chi connectivity index (χ4v) is 2.30. The number of nitrogens with one attached hydrogen (secondary N) is 2. The van der Waals surface area contributed by atoms with Gasteiger partial charge in [0.2, 0.25) is 0 Å². The SMILES string of the molecule is S=C(NCCC1=CCCCC1)Nc1ccncc1. The Morgan fingerprint density at radius 1 is 1.28 bits per heavy atom. The van der Waals surface area contributed by atoms with Crippen molar-refractivity contribution >= 4 is 23.0 Å². The topological polar surface area (TPSA) is 37.0 Å². The predicted octanol–water partition coefficient (Wildman–Crippen LogP) is 3.26. The van der Waals surface area contributed by atoms with Crippen LogP contribution in [0.3, 0.4) is 0 Å². The van der Waals surface area contributed by atoms with Crippen LogP contribution in [0.25, 0.3) is 0 Å². The molecule has 1 aliphatic carbocycles. The lowest BCUT2D eigenvalue weighted by Gasteiger charge is -2.14. The summed E-state index contributed by atoms with van der Waals surface area (Å²) < 4.78 is 0. The van der Waals surface area contributed by atoms with Gasteiger partial charge < -0.3 is 10.6 Å². The van der Waals surface area contributed by atoms with Crippen molar-refractivity contribution in [1.29, 1.82) is 0 Å². The molecule has 0 radical (unpaired) electrons. The maximum absolute atomic E-state index is 5.24. The summed E-state index contributed by atoms with van der Waals surface area (Å²) in [6.07, 6.45) is 12.2. The lowest BCUT2D eigenvalue weighted by Crippen LogP contribution is -2.29. The lowest BCUT2D eigenvalue weighted by molar-refractivity contribution is 0.669. The third-order valence-corrected chi connectivity index (χ3v) is 3.30. The third-order valence-electron chi connectivity index (χ3n) is 3.05. The van der Waals surface area contributed by atoms with Gasteiger partial charge in [0.05, 0.1) is 0 Å². The normalized spacial score (nSPS) is 14.8. The van der Waals surface area contributed by atoms with Gasteiger partial charge in [-0.1, -0.05) is 11.6 Å². The molecular weight excluding hydrogens is 242 g/mol. The quantitative estimate of drug-likeness (QED) is 0.644. The van der Waals surface area contributed by atoms with Gasteiger partial charge in [-0.15, -0.1) is 0 Å². The van der Waals surface area contributed by atoms with Crippen molar-refractivity contribution in [2.24, 2.45) is 0 Å². The summed E-state index contributed by atoms with van der Waals surface area (Å²) in [5, 5.41) is 7.06. The Kier molecular flexibility index (Phi) is 5.15. The van der Waals surface area contributed by atoms with Gasteiger partial charge in [0.1, 0.15) is 0 Å². The molecule has 0 fully saturated rings. The van der Waals surface area contributed by atoms with Crippen molar-refractivity contribution < 1.29 is 0 Å². The van der Waals surface area contributed by atoms with E-state index in [9.17, 15) is 0 Å². The molecule has 0 bridgehead atoms. The first-order chi connectivity index (χ1) is 8.84. The Balaban J connectivity index is 1.67. The third kappa shape index (κ3) is 4.45. The highest BCUT2D eigenvalue weighted by molar-refractivity contribution is 7.80. The molecule has 4 heteroatoms. The zero-order valence-corrected chi connectivity index (χ0v) is 11.3. The molecule has 3 nitrogen and oxygen atoms in total. The molecular formula is C14H19N3S. The molecule has 0 aromatic carbocycles. The number of anilines is 1. The molecule has 0 aliphatic heterocycles. The summed E-state index contributed by atoms with van der Waals surface area (Å²) in [6.45, 7) is 0.906. The summed E-state index contributed by atoms with van der Waals surface area (Å²) in [5.74, 6) is 0. The van der Waals surface area contributed by atoms with Crippen molar-refractivity contribution in [3.63, 3.8) is 0 Å². The predicted molar refractivity (Wildman–Crippen MR) is 79.6 cm³/mol. The second-order valence-electron chi connectivity index (χ2n) is 4.47. The van der Waals surface area contributed by atoms with E-state index >= 15 is 0 Å². The standard InChI is InChI=1S/C14H19N3S/c18-14(17-13-7-9-15-10-8-13)16-11-6-12-4-2-1-3-5-12/h4,7-10H,1-3,5-6,11H2,(H2,15,16,17,18). The van der Waals surface area contributed by atoms with Gasteiger partial charge >= 0.3 is 0 Å². The number of aromatic nitrogens is 1. The van der Waals surface area contributed by atoms with Crippen LogP contribution in [0.2, 0.25) is 0 Å². The molecule has 2 N–H and O–H groups in total. The average molecular weight is 261 g/mol. The van der Waals surface area contributed by atoms with Gasteiger partial charge in [-0.25, -0.2) is 0 Å². The number of pyridine rings is 1.